The zero-order valence-corrected chi connectivity index (χ0v) is 12.0. The highest BCUT2D eigenvalue weighted by Crippen LogP contribution is 2.24. The second kappa shape index (κ2) is 6.80. The number of aryl methyl sites for hydroxylation is 2. The molecule has 0 saturated carbocycles. The summed E-state index contributed by atoms with van der Waals surface area (Å²) in [7, 11) is 0. The molecule has 0 heterocycles. The van der Waals surface area contributed by atoms with Crippen LogP contribution in [0.5, 0.6) is 0 Å². The fraction of sp³-hybridized carbons (Fsp3) is 0.625. The van der Waals surface area contributed by atoms with Crippen LogP contribution in [0.25, 0.3) is 0 Å². The van der Waals surface area contributed by atoms with Crippen LogP contribution in [0.4, 0.5) is 0 Å². The van der Waals surface area contributed by atoms with E-state index in [-0.39, 0.29) is 0 Å². The van der Waals surface area contributed by atoms with Crippen molar-refractivity contribution in [2.24, 2.45) is 5.92 Å². The lowest BCUT2D eigenvalue weighted by atomic mass is 9.92. The van der Waals surface area contributed by atoms with Gasteiger partial charge in [0.05, 0.1) is 0 Å². The third kappa shape index (κ3) is 4.51. The van der Waals surface area contributed by atoms with Crippen LogP contribution in [0.15, 0.2) is 18.2 Å². The monoisotopic (exact) mass is 233 g/mol. The van der Waals surface area contributed by atoms with Gasteiger partial charge in [-0.25, -0.2) is 0 Å². The summed E-state index contributed by atoms with van der Waals surface area (Å²) in [4.78, 5) is 0. The van der Waals surface area contributed by atoms with E-state index in [9.17, 15) is 0 Å². The quantitative estimate of drug-likeness (QED) is 0.768. The van der Waals surface area contributed by atoms with Crippen LogP contribution in [0.2, 0.25) is 0 Å². The molecular formula is C16H27N. The molecule has 1 aromatic carbocycles. The summed E-state index contributed by atoms with van der Waals surface area (Å²) in [5.41, 5.74) is 4.18. The molecule has 0 bridgehead atoms. The van der Waals surface area contributed by atoms with Gasteiger partial charge in [0, 0.05) is 6.04 Å². The molecule has 17 heavy (non-hydrogen) atoms. The second-order valence-corrected chi connectivity index (χ2v) is 5.28. The first-order valence-electron chi connectivity index (χ1n) is 6.88. The van der Waals surface area contributed by atoms with E-state index >= 15 is 0 Å². The first-order chi connectivity index (χ1) is 8.06. The van der Waals surface area contributed by atoms with Gasteiger partial charge in [-0.1, -0.05) is 56.5 Å². The van der Waals surface area contributed by atoms with Crippen LogP contribution in [0.3, 0.4) is 0 Å². The van der Waals surface area contributed by atoms with E-state index in [0.29, 0.717) is 6.04 Å². The first-order valence-corrected chi connectivity index (χ1v) is 6.88. The maximum absolute atomic E-state index is 3.62. The number of nitrogens with one attached hydrogen (secondary N) is 1. The number of rotatable bonds is 6. The summed E-state index contributed by atoms with van der Waals surface area (Å²) in [5, 5.41) is 3.62. The van der Waals surface area contributed by atoms with Crippen molar-refractivity contribution in [1.82, 2.24) is 5.32 Å². The fourth-order valence-corrected chi connectivity index (χ4v) is 2.36. The Kier molecular flexibility index (Phi) is 5.70. The maximum atomic E-state index is 3.62. The van der Waals surface area contributed by atoms with Crippen molar-refractivity contribution in [2.45, 2.75) is 53.5 Å². The summed E-state index contributed by atoms with van der Waals surface area (Å²) < 4.78 is 0. The minimum Gasteiger partial charge on any atom is -0.310 e. The van der Waals surface area contributed by atoms with Crippen LogP contribution >= 0.6 is 0 Å². The minimum absolute atomic E-state index is 0.508. The Morgan fingerprint density at radius 2 is 1.65 bits per heavy atom. The SMILES string of the molecule is CCNC(CC(C)CC)c1cc(C)cc(C)c1. The first kappa shape index (κ1) is 14.2. The van der Waals surface area contributed by atoms with Gasteiger partial charge < -0.3 is 5.32 Å². The molecule has 1 nitrogen and oxygen atoms in total. The maximum Gasteiger partial charge on any atom is 0.0322 e. The molecule has 2 unspecified atom stereocenters. The van der Waals surface area contributed by atoms with Crippen molar-refractivity contribution in [1.29, 1.82) is 0 Å². The predicted molar refractivity (Wildman–Crippen MR) is 76.4 cm³/mol. The van der Waals surface area contributed by atoms with Gasteiger partial charge in [-0.15, -0.1) is 0 Å². The topological polar surface area (TPSA) is 12.0 Å². The van der Waals surface area contributed by atoms with Gasteiger partial charge in [0.2, 0.25) is 0 Å². The van der Waals surface area contributed by atoms with Gasteiger partial charge in [0.25, 0.3) is 0 Å². The van der Waals surface area contributed by atoms with Crippen molar-refractivity contribution in [3.05, 3.63) is 34.9 Å². The molecule has 2 atom stereocenters. The van der Waals surface area contributed by atoms with E-state index in [0.717, 1.165) is 12.5 Å². The number of hydrogen-bond donors (Lipinski definition) is 1. The zero-order chi connectivity index (χ0) is 12.8. The van der Waals surface area contributed by atoms with E-state index in [4.69, 9.17) is 0 Å². The molecule has 0 aliphatic heterocycles. The van der Waals surface area contributed by atoms with Crippen LogP contribution in [-0.2, 0) is 0 Å². The van der Waals surface area contributed by atoms with Crippen LogP contribution in [0.1, 0.15) is 56.3 Å². The average molecular weight is 233 g/mol. The van der Waals surface area contributed by atoms with Crippen molar-refractivity contribution < 1.29 is 0 Å². The zero-order valence-electron chi connectivity index (χ0n) is 12.0. The van der Waals surface area contributed by atoms with Crippen molar-refractivity contribution >= 4 is 0 Å². The molecular weight excluding hydrogens is 206 g/mol. The lowest BCUT2D eigenvalue weighted by Crippen LogP contribution is -2.23. The van der Waals surface area contributed by atoms with Gasteiger partial charge in [-0.3, -0.25) is 0 Å². The standard InChI is InChI=1S/C16H27N/c1-6-12(3)11-16(17-7-2)15-9-13(4)8-14(5)10-15/h8-10,12,16-17H,6-7,11H2,1-5H3. The van der Waals surface area contributed by atoms with Crippen LogP contribution < -0.4 is 5.32 Å². The lowest BCUT2D eigenvalue weighted by Gasteiger charge is -2.22. The Bertz CT molecular complexity index is 323. The predicted octanol–water partition coefficient (Wildman–Crippen LogP) is 4.39. The molecule has 1 heteroatoms. The Hall–Kier alpha value is -0.820. The van der Waals surface area contributed by atoms with E-state index in [1.165, 1.54) is 29.5 Å². The van der Waals surface area contributed by atoms with E-state index in [1.54, 1.807) is 0 Å². The molecule has 0 aliphatic rings. The summed E-state index contributed by atoms with van der Waals surface area (Å²) in [6.45, 7) is 12.2. The molecule has 1 N–H and O–H groups in total. The molecule has 0 aromatic heterocycles. The molecule has 0 radical (unpaired) electrons. The Morgan fingerprint density at radius 1 is 1.06 bits per heavy atom. The van der Waals surface area contributed by atoms with Crippen molar-refractivity contribution in [2.75, 3.05) is 6.54 Å². The Labute approximate surface area is 107 Å². The molecule has 96 valence electrons. The molecule has 0 fully saturated rings. The number of benzene rings is 1. The lowest BCUT2D eigenvalue weighted by molar-refractivity contribution is 0.408. The average Bonchev–Trinajstić information content (AvgIpc) is 2.27. The van der Waals surface area contributed by atoms with Crippen molar-refractivity contribution in [3.8, 4) is 0 Å². The molecule has 0 saturated heterocycles. The third-order valence-electron chi connectivity index (χ3n) is 3.43. The molecule has 1 aromatic rings. The van der Waals surface area contributed by atoms with Gasteiger partial charge in [-0.05, 0) is 38.3 Å². The van der Waals surface area contributed by atoms with Crippen LogP contribution in [0, 0.1) is 19.8 Å². The van der Waals surface area contributed by atoms with Gasteiger partial charge in [0.1, 0.15) is 0 Å². The third-order valence-corrected chi connectivity index (χ3v) is 3.43. The molecule has 1 rings (SSSR count). The molecule has 0 spiro atoms. The molecule has 0 amide bonds. The number of hydrogen-bond acceptors (Lipinski definition) is 1. The van der Waals surface area contributed by atoms with E-state index in [1.807, 2.05) is 0 Å². The summed E-state index contributed by atoms with van der Waals surface area (Å²) >= 11 is 0. The minimum atomic E-state index is 0.508. The highest BCUT2D eigenvalue weighted by atomic mass is 14.9. The van der Waals surface area contributed by atoms with Gasteiger partial charge in [0.15, 0.2) is 0 Å². The van der Waals surface area contributed by atoms with Gasteiger partial charge >= 0.3 is 0 Å². The van der Waals surface area contributed by atoms with Crippen molar-refractivity contribution in [3.63, 3.8) is 0 Å². The van der Waals surface area contributed by atoms with Gasteiger partial charge in [-0.2, -0.15) is 0 Å². The fourth-order valence-electron chi connectivity index (χ4n) is 2.36. The Morgan fingerprint density at radius 3 is 2.12 bits per heavy atom. The highest BCUT2D eigenvalue weighted by molar-refractivity contribution is 5.30. The van der Waals surface area contributed by atoms with E-state index in [2.05, 4.69) is 58.1 Å². The molecule has 0 aliphatic carbocycles. The largest absolute Gasteiger partial charge is 0.310 e. The smallest absolute Gasteiger partial charge is 0.0322 e. The summed E-state index contributed by atoms with van der Waals surface area (Å²) in [5.74, 6) is 0.778. The Balaban J connectivity index is 2.88. The highest BCUT2D eigenvalue weighted by Gasteiger charge is 2.13. The summed E-state index contributed by atoms with van der Waals surface area (Å²) in [6.07, 6.45) is 2.49. The summed E-state index contributed by atoms with van der Waals surface area (Å²) in [6, 6.07) is 7.40. The van der Waals surface area contributed by atoms with Crippen LogP contribution in [-0.4, -0.2) is 6.54 Å². The second-order valence-electron chi connectivity index (χ2n) is 5.28. The normalized spacial score (nSPS) is 14.6. The van der Waals surface area contributed by atoms with E-state index < -0.39 is 0 Å².